The van der Waals surface area contributed by atoms with Gasteiger partial charge < -0.3 is 4.74 Å². The number of hydrogen-bond donors (Lipinski definition) is 0. The minimum atomic E-state index is -0.507. The molecule has 0 fully saturated rings. The maximum absolute atomic E-state index is 13.7. The first kappa shape index (κ1) is 21.7. The van der Waals surface area contributed by atoms with E-state index in [0.29, 0.717) is 30.2 Å². The van der Waals surface area contributed by atoms with Gasteiger partial charge in [-0.15, -0.1) is 5.10 Å². The van der Waals surface area contributed by atoms with Crippen molar-refractivity contribution in [3.8, 4) is 5.69 Å². The molecule has 0 aliphatic carbocycles. The highest BCUT2D eigenvalue weighted by atomic mass is 19.1. The zero-order valence-electron chi connectivity index (χ0n) is 18.3. The van der Waals surface area contributed by atoms with Crippen LogP contribution in [0.15, 0.2) is 64.3 Å². The molecule has 0 N–H and O–H groups in total. The number of fused-ring (bicyclic) bond motifs is 1. The quantitative estimate of drug-likeness (QED) is 0.444. The van der Waals surface area contributed by atoms with Crippen molar-refractivity contribution in [3.63, 3.8) is 0 Å². The van der Waals surface area contributed by atoms with Crippen molar-refractivity contribution >= 4 is 5.52 Å². The van der Waals surface area contributed by atoms with Gasteiger partial charge in [-0.05, 0) is 30.5 Å². The highest BCUT2D eigenvalue weighted by Crippen LogP contribution is 2.26. The number of hydrogen-bond acceptors (Lipinski definition) is 4. The fourth-order valence-corrected chi connectivity index (χ4v) is 3.89. The average molecular weight is 436 g/mol. The van der Waals surface area contributed by atoms with E-state index in [-0.39, 0.29) is 18.2 Å². The molecule has 0 spiro atoms. The Bertz CT molecular complexity index is 1370. The van der Waals surface area contributed by atoms with E-state index in [1.54, 1.807) is 6.07 Å². The second kappa shape index (κ2) is 8.92. The average Bonchev–Trinajstić information content (AvgIpc) is 3.09. The van der Waals surface area contributed by atoms with Crippen LogP contribution in [0.25, 0.3) is 11.2 Å². The first-order valence-corrected chi connectivity index (χ1v) is 10.6. The summed E-state index contributed by atoms with van der Waals surface area (Å²) in [6.45, 7) is 6.73. The van der Waals surface area contributed by atoms with Crippen molar-refractivity contribution in [3.05, 3.63) is 98.3 Å². The van der Waals surface area contributed by atoms with E-state index < -0.39 is 11.4 Å². The van der Waals surface area contributed by atoms with Crippen molar-refractivity contribution < 1.29 is 9.13 Å². The Labute approximate surface area is 184 Å². The SMILES string of the molecule is CCn1c(COCc2ccccc2)nn(-c2cc(=O)n3cc(F)ccc3c2C(C)C)c1=O. The Morgan fingerprint density at radius 1 is 1.06 bits per heavy atom. The number of nitrogens with zero attached hydrogens (tertiary/aromatic N) is 4. The molecule has 1 aromatic carbocycles. The number of pyridine rings is 2. The van der Waals surface area contributed by atoms with Crippen molar-refractivity contribution in [2.45, 2.75) is 46.4 Å². The van der Waals surface area contributed by atoms with Gasteiger partial charge in [0, 0.05) is 24.4 Å². The highest BCUT2D eigenvalue weighted by molar-refractivity contribution is 5.63. The lowest BCUT2D eigenvalue weighted by molar-refractivity contribution is 0.0989. The van der Waals surface area contributed by atoms with Gasteiger partial charge in [-0.3, -0.25) is 13.8 Å². The van der Waals surface area contributed by atoms with Gasteiger partial charge in [0.25, 0.3) is 5.56 Å². The van der Waals surface area contributed by atoms with Crippen LogP contribution in [0.4, 0.5) is 4.39 Å². The van der Waals surface area contributed by atoms with Crippen molar-refractivity contribution in [1.82, 2.24) is 18.7 Å². The summed E-state index contributed by atoms with van der Waals surface area (Å²) >= 11 is 0. The summed E-state index contributed by atoms with van der Waals surface area (Å²) in [5, 5.41) is 4.51. The van der Waals surface area contributed by atoms with Gasteiger partial charge in [-0.2, -0.15) is 4.68 Å². The summed E-state index contributed by atoms with van der Waals surface area (Å²) < 4.78 is 23.6. The summed E-state index contributed by atoms with van der Waals surface area (Å²) in [6, 6.07) is 13.9. The summed E-state index contributed by atoms with van der Waals surface area (Å²) in [4.78, 5) is 25.9. The molecule has 8 heteroatoms. The van der Waals surface area contributed by atoms with Gasteiger partial charge in [-0.1, -0.05) is 44.2 Å². The molecule has 0 saturated carbocycles. The Hall–Kier alpha value is -3.52. The summed E-state index contributed by atoms with van der Waals surface area (Å²) in [5.74, 6) is -0.0719. The fourth-order valence-electron chi connectivity index (χ4n) is 3.89. The summed E-state index contributed by atoms with van der Waals surface area (Å²) in [7, 11) is 0. The van der Waals surface area contributed by atoms with E-state index in [0.717, 1.165) is 17.3 Å². The molecule has 0 aliphatic rings. The zero-order chi connectivity index (χ0) is 22.8. The molecule has 0 bridgehead atoms. The summed E-state index contributed by atoms with van der Waals surface area (Å²) in [5.41, 5.74) is 1.93. The van der Waals surface area contributed by atoms with E-state index in [4.69, 9.17) is 4.74 Å². The van der Waals surface area contributed by atoms with Gasteiger partial charge in [0.1, 0.15) is 12.4 Å². The van der Waals surface area contributed by atoms with Gasteiger partial charge in [0.2, 0.25) is 0 Å². The minimum Gasteiger partial charge on any atom is -0.369 e. The molecule has 3 heterocycles. The van der Waals surface area contributed by atoms with Crippen LogP contribution in [-0.4, -0.2) is 18.7 Å². The Morgan fingerprint density at radius 3 is 2.50 bits per heavy atom. The lowest BCUT2D eigenvalue weighted by Crippen LogP contribution is -2.27. The van der Waals surface area contributed by atoms with Gasteiger partial charge in [-0.25, -0.2) is 9.18 Å². The van der Waals surface area contributed by atoms with Crippen LogP contribution in [0, 0.1) is 5.82 Å². The molecule has 0 aliphatic heterocycles. The second-order valence-electron chi connectivity index (χ2n) is 7.87. The molecule has 4 aromatic rings. The van der Waals surface area contributed by atoms with E-state index >= 15 is 0 Å². The molecule has 166 valence electrons. The molecule has 3 aromatic heterocycles. The third-order valence-electron chi connectivity index (χ3n) is 5.37. The fraction of sp³-hybridized carbons (Fsp3) is 0.292. The molecule has 0 amide bonds. The van der Waals surface area contributed by atoms with Crippen LogP contribution in [0.3, 0.4) is 0 Å². The number of benzene rings is 1. The predicted molar refractivity (Wildman–Crippen MR) is 120 cm³/mol. The van der Waals surface area contributed by atoms with Crippen LogP contribution >= 0.6 is 0 Å². The smallest absolute Gasteiger partial charge is 0.350 e. The number of rotatable bonds is 7. The molecule has 0 radical (unpaired) electrons. The van der Waals surface area contributed by atoms with Crippen LogP contribution in [0.1, 0.15) is 43.6 Å². The Balaban J connectivity index is 1.78. The minimum absolute atomic E-state index is 0.0393. The topological polar surface area (TPSA) is 70.5 Å². The molecule has 0 atom stereocenters. The molecule has 32 heavy (non-hydrogen) atoms. The van der Waals surface area contributed by atoms with Gasteiger partial charge in [0.05, 0.1) is 17.8 Å². The van der Waals surface area contributed by atoms with E-state index in [9.17, 15) is 14.0 Å². The molecular formula is C24H25FN4O3. The van der Waals surface area contributed by atoms with Crippen LogP contribution in [0.5, 0.6) is 0 Å². The van der Waals surface area contributed by atoms with Gasteiger partial charge in [0.15, 0.2) is 5.82 Å². The standard InChI is InChI=1S/C24H25FN4O3/c1-4-27-21(15-32-14-17-8-6-5-7-9-17)26-29(24(27)31)20-12-22(30)28-13-18(25)10-11-19(28)23(20)16(2)3/h5-13,16H,4,14-15H2,1-3H3. The lowest BCUT2D eigenvalue weighted by atomic mass is 10.00. The van der Waals surface area contributed by atoms with Crippen LogP contribution in [0.2, 0.25) is 0 Å². The third-order valence-corrected chi connectivity index (χ3v) is 5.37. The van der Waals surface area contributed by atoms with E-state index in [1.165, 1.54) is 25.8 Å². The van der Waals surface area contributed by atoms with Crippen molar-refractivity contribution in [1.29, 1.82) is 0 Å². The normalized spacial score (nSPS) is 11.5. The Kier molecular flexibility index (Phi) is 6.05. The number of aromatic nitrogens is 4. The predicted octanol–water partition coefficient (Wildman–Crippen LogP) is 3.65. The molecule has 0 saturated heterocycles. The van der Waals surface area contributed by atoms with Crippen LogP contribution in [-0.2, 0) is 24.5 Å². The second-order valence-corrected chi connectivity index (χ2v) is 7.87. The maximum atomic E-state index is 13.7. The monoisotopic (exact) mass is 436 g/mol. The number of halogens is 1. The van der Waals surface area contributed by atoms with Crippen molar-refractivity contribution in [2.24, 2.45) is 0 Å². The van der Waals surface area contributed by atoms with E-state index in [2.05, 4.69) is 5.10 Å². The Morgan fingerprint density at radius 2 is 1.81 bits per heavy atom. The maximum Gasteiger partial charge on any atom is 0.350 e. The zero-order valence-corrected chi connectivity index (χ0v) is 18.3. The molecule has 4 rings (SSSR count). The lowest BCUT2D eigenvalue weighted by Gasteiger charge is -2.15. The largest absolute Gasteiger partial charge is 0.369 e. The molecule has 0 unspecified atom stereocenters. The third kappa shape index (κ3) is 4.01. The van der Waals surface area contributed by atoms with Crippen molar-refractivity contribution in [2.75, 3.05) is 0 Å². The summed E-state index contributed by atoms with van der Waals surface area (Å²) in [6.07, 6.45) is 1.16. The molecule has 7 nitrogen and oxygen atoms in total. The number of ether oxygens (including phenoxy) is 1. The first-order chi connectivity index (χ1) is 15.4. The highest BCUT2D eigenvalue weighted by Gasteiger charge is 2.21. The first-order valence-electron chi connectivity index (χ1n) is 10.6. The van der Waals surface area contributed by atoms with Crippen LogP contribution < -0.4 is 11.2 Å². The van der Waals surface area contributed by atoms with Gasteiger partial charge >= 0.3 is 5.69 Å². The van der Waals surface area contributed by atoms with E-state index in [1.807, 2.05) is 51.1 Å². The molecular weight excluding hydrogens is 411 g/mol.